The lowest BCUT2D eigenvalue weighted by Gasteiger charge is -2.04. The number of aromatic hydroxyl groups is 1. The molecule has 0 amide bonds. The average Bonchev–Trinajstić information content (AvgIpc) is 2.94. The lowest BCUT2D eigenvalue weighted by atomic mass is 10.1. The minimum atomic E-state index is -0.665. The Morgan fingerprint density at radius 3 is 2.54 bits per heavy atom. The molecule has 0 aliphatic carbocycles. The van der Waals surface area contributed by atoms with Crippen molar-refractivity contribution >= 4 is 34.5 Å². The van der Waals surface area contributed by atoms with Crippen molar-refractivity contribution < 1.29 is 19.7 Å². The van der Waals surface area contributed by atoms with Crippen LogP contribution in [0, 0.1) is 6.92 Å². The fourth-order valence-electron chi connectivity index (χ4n) is 2.45. The number of ether oxygens (including phenoxy) is 1. The number of para-hydroxylation sites is 2. The number of thioether (sulfide) groups is 1. The standard InChI is InChI=1S/C20H17NO4S/c1-12-7-6-8-13(17(12)22)11-15-18(23)16(20(24)25-2)19(26-15)21-14-9-4-3-5-10-14/h3-11,22-23H,1-2H3/b15-11+,21-19?. The quantitative estimate of drug-likeness (QED) is 0.781. The summed E-state index contributed by atoms with van der Waals surface area (Å²) in [5, 5.41) is 21.1. The number of carbonyl (C=O) groups is 1. The Morgan fingerprint density at radius 1 is 1.12 bits per heavy atom. The van der Waals surface area contributed by atoms with E-state index in [-0.39, 0.29) is 17.1 Å². The molecule has 132 valence electrons. The van der Waals surface area contributed by atoms with E-state index in [4.69, 9.17) is 4.74 Å². The van der Waals surface area contributed by atoms with E-state index in [1.165, 1.54) is 7.11 Å². The summed E-state index contributed by atoms with van der Waals surface area (Å²) in [7, 11) is 1.25. The zero-order valence-electron chi connectivity index (χ0n) is 14.3. The second kappa shape index (κ2) is 7.49. The van der Waals surface area contributed by atoms with Crippen molar-refractivity contribution in [2.45, 2.75) is 6.92 Å². The zero-order chi connectivity index (χ0) is 18.7. The third kappa shape index (κ3) is 3.50. The number of phenols is 1. The van der Waals surface area contributed by atoms with E-state index < -0.39 is 5.97 Å². The van der Waals surface area contributed by atoms with Crippen LogP contribution in [0.15, 0.2) is 69.8 Å². The van der Waals surface area contributed by atoms with E-state index in [1.54, 1.807) is 37.3 Å². The van der Waals surface area contributed by atoms with Gasteiger partial charge in [-0.2, -0.15) is 0 Å². The summed E-state index contributed by atoms with van der Waals surface area (Å²) in [5.41, 5.74) is 1.94. The number of phenolic OH excluding ortho intramolecular Hbond substituents is 1. The van der Waals surface area contributed by atoms with Crippen molar-refractivity contribution in [3.63, 3.8) is 0 Å². The van der Waals surface area contributed by atoms with Crippen molar-refractivity contribution in [1.29, 1.82) is 0 Å². The largest absolute Gasteiger partial charge is 0.507 e. The second-order valence-corrected chi connectivity index (χ2v) is 6.62. The fraction of sp³-hybridized carbons (Fsp3) is 0.100. The summed E-state index contributed by atoms with van der Waals surface area (Å²) in [4.78, 5) is 17.0. The van der Waals surface area contributed by atoms with Gasteiger partial charge in [-0.15, -0.1) is 0 Å². The van der Waals surface area contributed by atoms with Gasteiger partial charge in [0.2, 0.25) is 0 Å². The molecule has 0 unspecified atom stereocenters. The number of benzene rings is 2. The Balaban J connectivity index is 2.08. The Labute approximate surface area is 155 Å². The molecule has 26 heavy (non-hydrogen) atoms. The molecule has 2 aromatic rings. The maximum absolute atomic E-state index is 12.1. The highest BCUT2D eigenvalue weighted by molar-refractivity contribution is 8.18. The van der Waals surface area contributed by atoms with Gasteiger partial charge in [0.1, 0.15) is 22.1 Å². The van der Waals surface area contributed by atoms with Crippen LogP contribution in [-0.2, 0) is 9.53 Å². The third-order valence-corrected chi connectivity index (χ3v) is 4.84. The van der Waals surface area contributed by atoms with E-state index >= 15 is 0 Å². The first-order valence-electron chi connectivity index (χ1n) is 7.85. The third-order valence-electron chi connectivity index (χ3n) is 3.82. The molecular formula is C20H17NO4S. The topological polar surface area (TPSA) is 79.1 Å². The molecule has 1 aliphatic rings. The molecule has 0 bridgehead atoms. The molecule has 0 saturated carbocycles. The van der Waals surface area contributed by atoms with Gasteiger partial charge in [0.25, 0.3) is 0 Å². The molecule has 5 nitrogen and oxygen atoms in total. The summed E-state index contributed by atoms with van der Waals surface area (Å²) < 4.78 is 4.79. The summed E-state index contributed by atoms with van der Waals surface area (Å²) >= 11 is 1.15. The van der Waals surface area contributed by atoms with Gasteiger partial charge in [-0.1, -0.05) is 48.2 Å². The van der Waals surface area contributed by atoms with Crippen LogP contribution < -0.4 is 0 Å². The number of rotatable bonds is 3. The number of esters is 1. The predicted molar refractivity (Wildman–Crippen MR) is 104 cm³/mol. The van der Waals surface area contributed by atoms with E-state index in [1.807, 2.05) is 24.3 Å². The fourth-order valence-corrected chi connectivity index (χ4v) is 3.48. The molecule has 2 aromatic carbocycles. The summed E-state index contributed by atoms with van der Waals surface area (Å²) in [5.74, 6) is -0.750. The van der Waals surface area contributed by atoms with E-state index in [0.29, 0.717) is 21.2 Å². The first-order chi connectivity index (χ1) is 12.5. The number of hydrogen-bond acceptors (Lipinski definition) is 6. The first kappa shape index (κ1) is 17.8. The minimum Gasteiger partial charge on any atom is -0.507 e. The zero-order valence-corrected chi connectivity index (χ0v) is 15.1. The molecule has 6 heteroatoms. The van der Waals surface area contributed by atoms with Crippen molar-refractivity contribution in [2.75, 3.05) is 7.11 Å². The van der Waals surface area contributed by atoms with Gasteiger partial charge < -0.3 is 14.9 Å². The monoisotopic (exact) mass is 367 g/mol. The van der Waals surface area contributed by atoms with Gasteiger partial charge in [0.05, 0.1) is 17.7 Å². The Kier molecular flexibility index (Phi) is 5.14. The molecule has 0 saturated heterocycles. The highest BCUT2D eigenvalue weighted by atomic mass is 32.2. The SMILES string of the molecule is COC(=O)C1=C(O)/C(=C\c2cccc(C)c2O)SC1=Nc1ccccc1. The summed E-state index contributed by atoms with van der Waals surface area (Å²) in [6, 6.07) is 14.5. The maximum atomic E-state index is 12.1. The van der Waals surface area contributed by atoms with Gasteiger partial charge >= 0.3 is 5.97 Å². The molecule has 1 heterocycles. The lowest BCUT2D eigenvalue weighted by molar-refractivity contribution is -0.135. The van der Waals surface area contributed by atoms with Gasteiger partial charge in [-0.25, -0.2) is 9.79 Å². The van der Waals surface area contributed by atoms with Crippen LogP contribution >= 0.6 is 11.8 Å². The molecular weight excluding hydrogens is 350 g/mol. The molecule has 0 spiro atoms. The van der Waals surface area contributed by atoms with Crippen LogP contribution in [-0.4, -0.2) is 28.3 Å². The van der Waals surface area contributed by atoms with E-state index in [2.05, 4.69) is 4.99 Å². The number of carbonyl (C=O) groups excluding carboxylic acids is 1. The molecule has 0 radical (unpaired) electrons. The molecule has 0 fully saturated rings. The van der Waals surface area contributed by atoms with Crippen LogP contribution in [0.2, 0.25) is 0 Å². The smallest absolute Gasteiger partial charge is 0.344 e. The number of aryl methyl sites for hydroxylation is 1. The second-order valence-electron chi connectivity index (χ2n) is 5.59. The summed E-state index contributed by atoms with van der Waals surface area (Å²) in [6.45, 7) is 1.79. The van der Waals surface area contributed by atoms with Crippen molar-refractivity contribution in [3.05, 3.63) is 75.9 Å². The molecule has 2 N–H and O–H groups in total. The predicted octanol–water partition coefficient (Wildman–Crippen LogP) is 4.50. The van der Waals surface area contributed by atoms with Crippen molar-refractivity contribution in [1.82, 2.24) is 0 Å². The number of nitrogens with zero attached hydrogens (tertiary/aromatic N) is 1. The van der Waals surface area contributed by atoms with Crippen molar-refractivity contribution in [2.24, 2.45) is 4.99 Å². The number of aliphatic hydroxyl groups excluding tert-OH is 1. The minimum absolute atomic E-state index is 0.0137. The van der Waals surface area contributed by atoms with Gasteiger partial charge in [-0.05, 0) is 30.7 Å². The Morgan fingerprint density at radius 2 is 1.85 bits per heavy atom. The van der Waals surface area contributed by atoms with Gasteiger partial charge in [0, 0.05) is 5.56 Å². The molecule has 0 atom stereocenters. The van der Waals surface area contributed by atoms with Gasteiger partial charge in [0.15, 0.2) is 0 Å². The first-order valence-corrected chi connectivity index (χ1v) is 8.67. The molecule has 0 aromatic heterocycles. The van der Waals surface area contributed by atoms with Crippen LogP contribution in [0.3, 0.4) is 0 Å². The van der Waals surface area contributed by atoms with Crippen LogP contribution in [0.5, 0.6) is 5.75 Å². The highest BCUT2D eigenvalue weighted by Crippen LogP contribution is 2.41. The van der Waals surface area contributed by atoms with E-state index in [0.717, 1.165) is 17.3 Å². The van der Waals surface area contributed by atoms with Crippen LogP contribution in [0.4, 0.5) is 5.69 Å². The number of hydrogen-bond donors (Lipinski definition) is 2. The molecule has 1 aliphatic heterocycles. The normalized spacial score (nSPS) is 17.2. The van der Waals surface area contributed by atoms with E-state index in [9.17, 15) is 15.0 Å². The average molecular weight is 367 g/mol. The number of methoxy groups -OCH3 is 1. The van der Waals surface area contributed by atoms with Crippen LogP contribution in [0.1, 0.15) is 11.1 Å². The Bertz CT molecular complexity index is 946. The number of aliphatic hydroxyl groups is 1. The summed E-state index contributed by atoms with van der Waals surface area (Å²) in [6.07, 6.45) is 1.62. The van der Waals surface area contributed by atoms with Crippen molar-refractivity contribution in [3.8, 4) is 5.75 Å². The van der Waals surface area contributed by atoms with Gasteiger partial charge in [-0.3, -0.25) is 0 Å². The number of aliphatic imine (C=N–C) groups is 1. The van der Waals surface area contributed by atoms with Crippen LogP contribution in [0.25, 0.3) is 6.08 Å². The lowest BCUT2D eigenvalue weighted by Crippen LogP contribution is -2.10. The maximum Gasteiger partial charge on any atom is 0.344 e. The molecule has 3 rings (SSSR count). The highest BCUT2D eigenvalue weighted by Gasteiger charge is 2.33. The Hall–Kier alpha value is -2.99.